The molecule has 2 rings (SSSR count). The first-order valence-electron chi connectivity index (χ1n) is 7.16. The van der Waals surface area contributed by atoms with E-state index in [0.29, 0.717) is 18.6 Å². The van der Waals surface area contributed by atoms with Gasteiger partial charge in [0.25, 0.3) is 0 Å². The number of ether oxygens (including phenoxy) is 1. The summed E-state index contributed by atoms with van der Waals surface area (Å²) < 4.78 is 4.91. The van der Waals surface area contributed by atoms with Crippen LogP contribution in [0, 0.1) is 6.92 Å². The maximum atomic E-state index is 9.55. The first-order chi connectivity index (χ1) is 9.19. The largest absolute Gasteiger partial charge is 0.391 e. The summed E-state index contributed by atoms with van der Waals surface area (Å²) in [4.78, 5) is 0. The summed E-state index contributed by atoms with van der Waals surface area (Å²) in [6.07, 6.45) is 2.85. The lowest BCUT2D eigenvalue weighted by Crippen LogP contribution is -2.41. The lowest BCUT2D eigenvalue weighted by Gasteiger charge is -2.36. The Hall–Kier alpha value is -0.900. The SMILES string of the molecule is COCC(O)CCNC1CC(c2cccc(C)c2)C1. The smallest absolute Gasteiger partial charge is 0.0785 e. The Morgan fingerprint density at radius 1 is 1.42 bits per heavy atom. The van der Waals surface area contributed by atoms with E-state index in [1.165, 1.54) is 24.0 Å². The number of hydrogen-bond acceptors (Lipinski definition) is 3. The molecule has 0 aromatic heterocycles. The first-order valence-corrected chi connectivity index (χ1v) is 7.16. The van der Waals surface area contributed by atoms with Gasteiger partial charge in [-0.05, 0) is 44.2 Å². The van der Waals surface area contributed by atoms with Gasteiger partial charge in [-0.25, -0.2) is 0 Å². The molecule has 0 heterocycles. The number of benzene rings is 1. The van der Waals surface area contributed by atoms with Crippen LogP contribution in [-0.2, 0) is 4.74 Å². The molecule has 19 heavy (non-hydrogen) atoms. The van der Waals surface area contributed by atoms with Gasteiger partial charge in [0.1, 0.15) is 0 Å². The Balaban J connectivity index is 1.64. The molecule has 0 aliphatic heterocycles. The third kappa shape index (κ3) is 4.30. The Morgan fingerprint density at radius 2 is 2.21 bits per heavy atom. The normalized spacial score (nSPS) is 23.9. The summed E-state index contributed by atoms with van der Waals surface area (Å²) in [6, 6.07) is 9.43. The van der Waals surface area contributed by atoms with E-state index in [9.17, 15) is 5.11 Å². The zero-order valence-electron chi connectivity index (χ0n) is 11.9. The number of aliphatic hydroxyl groups is 1. The van der Waals surface area contributed by atoms with Gasteiger partial charge in [0.05, 0.1) is 12.7 Å². The highest BCUT2D eigenvalue weighted by molar-refractivity contribution is 5.27. The number of hydrogen-bond donors (Lipinski definition) is 2. The van der Waals surface area contributed by atoms with Crippen LogP contribution < -0.4 is 5.32 Å². The van der Waals surface area contributed by atoms with E-state index in [4.69, 9.17) is 4.74 Å². The van der Waals surface area contributed by atoms with Gasteiger partial charge in [-0.3, -0.25) is 0 Å². The summed E-state index contributed by atoms with van der Waals surface area (Å²) in [7, 11) is 1.62. The second-order valence-electron chi connectivity index (χ2n) is 5.63. The van der Waals surface area contributed by atoms with Crippen LogP contribution in [0.2, 0.25) is 0 Å². The van der Waals surface area contributed by atoms with Crippen molar-refractivity contribution in [3.63, 3.8) is 0 Å². The molecule has 1 fully saturated rings. The molecule has 0 radical (unpaired) electrons. The van der Waals surface area contributed by atoms with E-state index in [1.54, 1.807) is 7.11 Å². The Morgan fingerprint density at radius 3 is 2.89 bits per heavy atom. The molecule has 106 valence electrons. The molecular formula is C16H25NO2. The maximum absolute atomic E-state index is 9.55. The van der Waals surface area contributed by atoms with Crippen LogP contribution in [-0.4, -0.2) is 37.5 Å². The summed E-state index contributed by atoms with van der Waals surface area (Å²) in [5.41, 5.74) is 2.81. The van der Waals surface area contributed by atoms with Crippen LogP contribution in [0.25, 0.3) is 0 Å². The molecule has 1 aliphatic carbocycles. The van der Waals surface area contributed by atoms with Crippen LogP contribution in [0.4, 0.5) is 0 Å². The predicted octanol–water partition coefficient (Wildman–Crippen LogP) is 2.23. The monoisotopic (exact) mass is 263 g/mol. The second kappa shape index (κ2) is 7.04. The van der Waals surface area contributed by atoms with Crippen molar-refractivity contribution in [1.29, 1.82) is 0 Å². The van der Waals surface area contributed by atoms with Crippen molar-refractivity contribution in [2.75, 3.05) is 20.3 Å². The Labute approximate surface area is 116 Å². The van der Waals surface area contributed by atoms with Gasteiger partial charge in [0.15, 0.2) is 0 Å². The molecule has 1 saturated carbocycles. The van der Waals surface area contributed by atoms with E-state index in [1.807, 2.05) is 0 Å². The van der Waals surface area contributed by atoms with Gasteiger partial charge < -0.3 is 15.2 Å². The molecule has 0 saturated heterocycles. The van der Waals surface area contributed by atoms with Crippen molar-refractivity contribution >= 4 is 0 Å². The molecule has 2 N–H and O–H groups in total. The minimum absolute atomic E-state index is 0.342. The fraction of sp³-hybridized carbons (Fsp3) is 0.625. The van der Waals surface area contributed by atoms with E-state index in [-0.39, 0.29) is 6.10 Å². The standard InChI is InChI=1S/C16H25NO2/c1-12-4-3-5-13(8-12)14-9-15(10-14)17-7-6-16(18)11-19-2/h3-5,8,14-18H,6-7,9-11H2,1-2H3. The summed E-state index contributed by atoms with van der Waals surface area (Å²) in [6.45, 7) is 3.45. The molecule has 0 spiro atoms. The van der Waals surface area contributed by atoms with Crippen molar-refractivity contribution in [2.24, 2.45) is 0 Å². The predicted molar refractivity (Wildman–Crippen MR) is 77.4 cm³/mol. The van der Waals surface area contributed by atoms with Crippen molar-refractivity contribution in [3.8, 4) is 0 Å². The Bertz CT molecular complexity index is 388. The Kier molecular flexibility index (Phi) is 5.37. The molecule has 0 bridgehead atoms. The fourth-order valence-corrected chi connectivity index (χ4v) is 2.71. The van der Waals surface area contributed by atoms with Crippen molar-refractivity contribution in [3.05, 3.63) is 35.4 Å². The molecule has 1 aromatic rings. The lowest BCUT2D eigenvalue weighted by atomic mass is 9.75. The topological polar surface area (TPSA) is 41.5 Å². The average molecular weight is 263 g/mol. The first kappa shape index (κ1) is 14.5. The van der Waals surface area contributed by atoms with Crippen LogP contribution in [0.5, 0.6) is 0 Å². The van der Waals surface area contributed by atoms with Gasteiger partial charge in [-0.2, -0.15) is 0 Å². The average Bonchev–Trinajstić information content (AvgIpc) is 2.32. The number of aliphatic hydroxyl groups excluding tert-OH is 1. The third-order valence-electron chi connectivity index (χ3n) is 3.92. The van der Waals surface area contributed by atoms with Crippen LogP contribution >= 0.6 is 0 Å². The van der Waals surface area contributed by atoms with Gasteiger partial charge in [-0.15, -0.1) is 0 Å². The van der Waals surface area contributed by atoms with E-state index >= 15 is 0 Å². The highest BCUT2D eigenvalue weighted by atomic mass is 16.5. The zero-order valence-corrected chi connectivity index (χ0v) is 11.9. The molecule has 1 atom stereocenters. The molecule has 0 amide bonds. The molecule has 1 aromatic carbocycles. The van der Waals surface area contributed by atoms with Gasteiger partial charge in [-0.1, -0.05) is 29.8 Å². The van der Waals surface area contributed by atoms with Crippen molar-refractivity contribution in [2.45, 2.75) is 44.2 Å². The fourth-order valence-electron chi connectivity index (χ4n) is 2.71. The number of aryl methyl sites for hydroxylation is 1. The number of nitrogens with one attached hydrogen (secondary N) is 1. The van der Waals surface area contributed by atoms with Crippen molar-refractivity contribution in [1.82, 2.24) is 5.32 Å². The molecule has 1 aliphatic rings. The summed E-state index contributed by atoms with van der Waals surface area (Å²) in [5.74, 6) is 0.710. The highest BCUT2D eigenvalue weighted by Gasteiger charge is 2.29. The van der Waals surface area contributed by atoms with Crippen LogP contribution in [0.1, 0.15) is 36.3 Å². The van der Waals surface area contributed by atoms with Gasteiger partial charge in [0.2, 0.25) is 0 Å². The summed E-state index contributed by atoms with van der Waals surface area (Å²) >= 11 is 0. The minimum atomic E-state index is -0.342. The molecule has 3 nitrogen and oxygen atoms in total. The van der Waals surface area contributed by atoms with Crippen molar-refractivity contribution < 1.29 is 9.84 Å². The number of rotatable bonds is 7. The number of methoxy groups -OCH3 is 1. The van der Waals surface area contributed by atoms with E-state index in [0.717, 1.165) is 13.0 Å². The van der Waals surface area contributed by atoms with E-state index < -0.39 is 0 Å². The van der Waals surface area contributed by atoms with E-state index in [2.05, 4.69) is 36.5 Å². The van der Waals surface area contributed by atoms with Gasteiger partial charge in [0, 0.05) is 13.2 Å². The maximum Gasteiger partial charge on any atom is 0.0785 e. The molecule has 3 heteroatoms. The highest BCUT2D eigenvalue weighted by Crippen LogP contribution is 2.36. The van der Waals surface area contributed by atoms with Crippen LogP contribution in [0.3, 0.4) is 0 Å². The lowest BCUT2D eigenvalue weighted by molar-refractivity contribution is 0.0582. The summed E-state index contributed by atoms with van der Waals surface area (Å²) in [5, 5.41) is 13.1. The quantitative estimate of drug-likeness (QED) is 0.792. The minimum Gasteiger partial charge on any atom is -0.391 e. The molecular weight excluding hydrogens is 238 g/mol. The third-order valence-corrected chi connectivity index (χ3v) is 3.92. The van der Waals surface area contributed by atoms with Gasteiger partial charge >= 0.3 is 0 Å². The molecule has 1 unspecified atom stereocenters. The second-order valence-corrected chi connectivity index (χ2v) is 5.63. The van der Waals surface area contributed by atoms with Crippen LogP contribution in [0.15, 0.2) is 24.3 Å². The zero-order chi connectivity index (χ0) is 13.7.